The molecule has 26 heavy (non-hydrogen) atoms. The lowest BCUT2D eigenvalue weighted by atomic mass is 10.1. The van der Waals surface area contributed by atoms with Gasteiger partial charge in [0, 0.05) is 20.5 Å². The number of carbonyl (C=O) groups excluding carboxylic acids is 1. The fourth-order valence-electron chi connectivity index (χ4n) is 2.24. The molecule has 4 nitrogen and oxygen atoms in total. The lowest BCUT2D eigenvalue weighted by molar-refractivity contribution is -0.128. The van der Waals surface area contributed by atoms with Gasteiger partial charge >= 0.3 is 0 Å². The third kappa shape index (κ3) is 15.9. The van der Waals surface area contributed by atoms with Crippen LogP contribution in [0, 0.1) is 0 Å². The van der Waals surface area contributed by atoms with E-state index in [1.165, 1.54) is 19.3 Å². The van der Waals surface area contributed by atoms with Crippen LogP contribution in [0.15, 0.2) is 48.6 Å². The first kappa shape index (κ1) is 24.4. The number of unbranched alkanes of at least 4 members (excludes halogenated alkanes) is 3. The fourth-order valence-corrected chi connectivity index (χ4v) is 2.24. The van der Waals surface area contributed by atoms with E-state index in [4.69, 9.17) is 0 Å². The van der Waals surface area contributed by atoms with E-state index in [1.807, 2.05) is 24.3 Å². The molecule has 0 heterocycles. The zero-order chi connectivity index (χ0) is 19.6. The van der Waals surface area contributed by atoms with Crippen molar-refractivity contribution in [3.63, 3.8) is 0 Å². The normalized spacial score (nSPS) is 14.8. The lowest BCUT2D eigenvalue weighted by Crippen LogP contribution is -2.21. The number of nitrogens with zero attached hydrogens (tertiary/aromatic N) is 1. The molecule has 148 valence electrons. The van der Waals surface area contributed by atoms with Crippen molar-refractivity contribution in [2.45, 2.75) is 70.5 Å². The van der Waals surface area contributed by atoms with Crippen molar-refractivity contribution in [2.24, 2.45) is 0 Å². The topological polar surface area (TPSA) is 60.8 Å². The van der Waals surface area contributed by atoms with Gasteiger partial charge in [0.2, 0.25) is 5.91 Å². The molecule has 0 radical (unpaired) electrons. The average molecular weight is 364 g/mol. The van der Waals surface area contributed by atoms with Crippen molar-refractivity contribution in [3.8, 4) is 0 Å². The van der Waals surface area contributed by atoms with Crippen LogP contribution in [-0.4, -0.2) is 47.3 Å². The fraction of sp³-hybridized carbons (Fsp3) is 0.591. The number of allylic oxidation sites excluding steroid dienone is 5. The summed E-state index contributed by atoms with van der Waals surface area (Å²) in [6, 6.07) is 0. The van der Waals surface area contributed by atoms with Crippen molar-refractivity contribution in [1.82, 2.24) is 4.90 Å². The Kier molecular flexibility index (Phi) is 15.7. The Bertz CT molecular complexity index is 464. The van der Waals surface area contributed by atoms with E-state index in [2.05, 4.69) is 13.0 Å². The molecule has 0 aromatic carbocycles. The minimum Gasteiger partial charge on any atom is -0.389 e. The van der Waals surface area contributed by atoms with Crippen molar-refractivity contribution in [3.05, 3.63) is 48.6 Å². The van der Waals surface area contributed by atoms with Crippen LogP contribution in [-0.2, 0) is 4.79 Å². The molecule has 2 atom stereocenters. The standard InChI is InChI=1S/C22H37NO3/c1-4-5-6-7-8-11-15-20(24)16-12-9-10-13-17-21(25)18-14-19-22(26)23(2)3/h8-13,16-17,20-21,24-25H,4-7,14-15,18-19H2,1-3H3/b10-9-,11-8-,16-12+,17-13+/t20-,21-/m1/s1. The van der Waals surface area contributed by atoms with Gasteiger partial charge in [-0.3, -0.25) is 4.79 Å². The minimum absolute atomic E-state index is 0.0839. The molecular weight excluding hydrogens is 326 g/mol. The van der Waals surface area contributed by atoms with Gasteiger partial charge in [0.05, 0.1) is 12.2 Å². The van der Waals surface area contributed by atoms with Crippen LogP contribution < -0.4 is 0 Å². The maximum Gasteiger partial charge on any atom is 0.222 e. The molecule has 0 aromatic rings. The van der Waals surface area contributed by atoms with E-state index in [0.717, 1.165) is 6.42 Å². The number of hydrogen-bond acceptors (Lipinski definition) is 3. The van der Waals surface area contributed by atoms with Gasteiger partial charge in [-0.25, -0.2) is 0 Å². The van der Waals surface area contributed by atoms with E-state index in [-0.39, 0.29) is 5.91 Å². The third-order valence-corrected chi connectivity index (χ3v) is 3.91. The highest BCUT2D eigenvalue weighted by Gasteiger charge is 2.05. The van der Waals surface area contributed by atoms with Gasteiger partial charge in [0.1, 0.15) is 0 Å². The molecule has 2 N–H and O–H groups in total. The molecule has 0 saturated carbocycles. The lowest BCUT2D eigenvalue weighted by Gasteiger charge is -2.10. The molecule has 0 bridgehead atoms. The van der Waals surface area contributed by atoms with E-state index < -0.39 is 12.2 Å². The van der Waals surface area contributed by atoms with Gasteiger partial charge in [-0.15, -0.1) is 0 Å². The Balaban J connectivity index is 3.86. The van der Waals surface area contributed by atoms with E-state index in [9.17, 15) is 15.0 Å². The van der Waals surface area contributed by atoms with Crippen molar-refractivity contribution in [1.29, 1.82) is 0 Å². The van der Waals surface area contributed by atoms with Gasteiger partial charge < -0.3 is 15.1 Å². The Morgan fingerprint density at radius 2 is 1.58 bits per heavy atom. The smallest absolute Gasteiger partial charge is 0.222 e. The van der Waals surface area contributed by atoms with E-state index in [1.54, 1.807) is 37.2 Å². The highest BCUT2D eigenvalue weighted by molar-refractivity contribution is 5.75. The molecule has 1 amide bonds. The van der Waals surface area contributed by atoms with Crippen molar-refractivity contribution in [2.75, 3.05) is 14.1 Å². The summed E-state index contributed by atoms with van der Waals surface area (Å²) in [5.41, 5.74) is 0. The number of hydrogen-bond donors (Lipinski definition) is 2. The molecule has 4 heteroatoms. The van der Waals surface area contributed by atoms with Crippen molar-refractivity contribution < 1.29 is 15.0 Å². The van der Waals surface area contributed by atoms with Crippen molar-refractivity contribution >= 4 is 5.91 Å². The summed E-state index contributed by atoms with van der Waals surface area (Å²) in [5, 5.41) is 19.6. The Morgan fingerprint density at radius 1 is 0.923 bits per heavy atom. The molecule has 0 unspecified atom stereocenters. The average Bonchev–Trinajstić information content (AvgIpc) is 2.60. The SMILES string of the molecule is CCCCC/C=C\C[C@@H](O)/C=C/C=C\C=C\[C@@H](O)CCCC(=O)N(C)C. The molecular formula is C22H37NO3. The quantitative estimate of drug-likeness (QED) is 0.277. The minimum atomic E-state index is -0.540. The number of carbonyl (C=O) groups is 1. The number of aliphatic hydroxyl groups excluding tert-OH is 2. The van der Waals surface area contributed by atoms with E-state index >= 15 is 0 Å². The molecule has 0 aromatic heterocycles. The summed E-state index contributed by atoms with van der Waals surface area (Å²) in [5.74, 6) is 0.0839. The van der Waals surface area contributed by atoms with E-state index in [0.29, 0.717) is 25.7 Å². The molecule has 0 fully saturated rings. The van der Waals surface area contributed by atoms with Gasteiger partial charge in [-0.2, -0.15) is 0 Å². The largest absolute Gasteiger partial charge is 0.389 e. The zero-order valence-corrected chi connectivity index (χ0v) is 16.7. The summed E-state index contributed by atoms with van der Waals surface area (Å²) in [7, 11) is 3.47. The number of aliphatic hydroxyl groups is 2. The molecule has 0 aliphatic rings. The summed E-state index contributed by atoms with van der Waals surface area (Å²) < 4.78 is 0. The van der Waals surface area contributed by atoms with Gasteiger partial charge in [-0.05, 0) is 32.1 Å². The second-order valence-corrected chi connectivity index (χ2v) is 6.67. The number of rotatable bonds is 14. The predicted molar refractivity (Wildman–Crippen MR) is 110 cm³/mol. The maximum atomic E-state index is 11.4. The van der Waals surface area contributed by atoms with Crippen LogP contribution >= 0.6 is 0 Å². The molecule has 0 aliphatic carbocycles. The highest BCUT2D eigenvalue weighted by Crippen LogP contribution is 2.04. The van der Waals surface area contributed by atoms with Crippen LogP contribution in [0.5, 0.6) is 0 Å². The first-order chi connectivity index (χ1) is 12.5. The second kappa shape index (κ2) is 16.8. The monoisotopic (exact) mass is 363 g/mol. The summed E-state index contributed by atoms with van der Waals surface area (Å²) in [4.78, 5) is 13.0. The number of amides is 1. The molecule has 0 aliphatic heterocycles. The summed E-state index contributed by atoms with van der Waals surface area (Å²) >= 11 is 0. The Hall–Kier alpha value is -1.65. The third-order valence-electron chi connectivity index (χ3n) is 3.91. The molecule has 0 rings (SSSR count). The predicted octanol–water partition coefficient (Wildman–Crippen LogP) is 4.16. The Labute approximate surface area is 159 Å². The maximum absolute atomic E-state index is 11.4. The first-order valence-electron chi connectivity index (χ1n) is 9.70. The van der Waals surface area contributed by atoms with Crippen LogP contribution in [0.4, 0.5) is 0 Å². The van der Waals surface area contributed by atoms with Gasteiger partial charge in [0.25, 0.3) is 0 Å². The second-order valence-electron chi connectivity index (χ2n) is 6.67. The molecule has 0 spiro atoms. The van der Waals surface area contributed by atoms with Gasteiger partial charge in [0.15, 0.2) is 0 Å². The van der Waals surface area contributed by atoms with Gasteiger partial charge in [-0.1, -0.05) is 68.4 Å². The van der Waals surface area contributed by atoms with Crippen LogP contribution in [0.1, 0.15) is 58.3 Å². The molecule has 0 saturated heterocycles. The van der Waals surface area contributed by atoms with Crippen LogP contribution in [0.2, 0.25) is 0 Å². The van der Waals surface area contributed by atoms with Crippen LogP contribution in [0.25, 0.3) is 0 Å². The summed E-state index contributed by atoms with van der Waals surface area (Å²) in [6.07, 6.45) is 21.0. The first-order valence-corrected chi connectivity index (χ1v) is 9.70. The zero-order valence-electron chi connectivity index (χ0n) is 16.7. The highest BCUT2D eigenvalue weighted by atomic mass is 16.3. The van der Waals surface area contributed by atoms with Crippen LogP contribution in [0.3, 0.4) is 0 Å². The summed E-state index contributed by atoms with van der Waals surface area (Å²) in [6.45, 7) is 2.19. The Morgan fingerprint density at radius 3 is 2.19 bits per heavy atom.